The molecule has 4 bridgehead atoms. The van der Waals surface area contributed by atoms with Gasteiger partial charge in [0, 0.05) is 23.7 Å². The number of aliphatic hydroxyl groups is 3. The average Bonchev–Trinajstić information content (AvgIpc) is 3.04. The summed E-state index contributed by atoms with van der Waals surface area (Å²) in [5.41, 5.74) is -2.58. The zero-order chi connectivity index (χ0) is 29.6. The van der Waals surface area contributed by atoms with Gasteiger partial charge in [0.05, 0.1) is 12.7 Å². The number of Topliss-reactive ketones (excluding diaryl/α,β-unsaturated/α-hetero) is 1. The minimum absolute atomic E-state index is 0.0755. The van der Waals surface area contributed by atoms with Gasteiger partial charge in [0.25, 0.3) is 0 Å². The third-order valence-corrected chi connectivity index (χ3v) is 12.1. The zero-order valence-corrected chi connectivity index (χ0v) is 25.7. The largest absolute Gasteiger partial charge is 0.460 e. The predicted octanol–water partition coefficient (Wildman–Crippen LogP) is 5.63. The number of hydrogen-bond donors (Lipinski definition) is 3. The Labute approximate surface area is 246 Å². The van der Waals surface area contributed by atoms with E-state index in [2.05, 4.69) is 27.4 Å². The number of unbranched alkanes of at least 4 members (excludes halogenated alkanes) is 10. The van der Waals surface area contributed by atoms with Crippen molar-refractivity contribution in [2.24, 2.45) is 34.0 Å². The average molecular weight is 575 g/mol. The number of ketones is 1. The van der Waals surface area contributed by atoms with Crippen LogP contribution in [0.4, 0.5) is 0 Å². The van der Waals surface area contributed by atoms with Crippen molar-refractivity contribution >= 4 is 11.8 Å². The van der Waals surface area contributed by atoms with Gasteiger partial charge >= 0.3 is 5.97 Å². The number of carbonyl (C=O) groups excluding carboxylic acids is 2. The molecule has 7 heteroatoms. The number of ether oxygens (including phenoxy) is 2. The molecule has 6 rings (SSSR count). The van der Waals surface area contributed by atoms with Crippen molar-refractivity contribution in [3.8, 4) is 0 Å². The molecule has 0 radical (unpaired) electrons. The number of aliphatic hydroxyl groups excluding tert-OH is 2. The molecule has 0 aromatic rings. The summed E-state index contributed by atoms with van der Waals surface area (Å²) in [6.45, 7) is 10.5. The van der Waals surface area contributed by atoms with E-state index in [0.717, 1.165) is 19.3 Å². The van der Waals surface area contributed by atoms with Crippen LogP contribution in [0, 0.1) is 34.0 Å². The summed E-state index contributed by atoms with van der Waals surface area (Å²) in [7, 11) is 0. The summed E-state index contributed by atoms with van der Waals surface area (Å²) in [4.78, 5) is 27.4. The molecule has 7 nitrogen and oxygen atoms in total. The van der Waals surface area contributed by atoms with Crippen LogP contribution in [0.15, 0.2) is 12.2 Å². The standard InChI is InChI=1S/C34H54O7/c1-5-6-7-8-9-10-11-12-13-14-15-16-26(36)41-30-23-17-18-24-32-21-40-34(39,33(24,30)28(37)22(23)2)29(38)27(32)31(3,4)20-19-25(32)35/h23-25,27,29-30,35,38-39H,2,5-21H2,1,3-4H3. The smallest absolute Gasteiger partial charge is 0.306 e. The van der Waals surface area contributed by atoms with Crippen molar-refractivity contribution in [1.82, 2.24) is 0 Å². The molecule has 9 atom stereocenters. The molecule has 4 saturated carbocycles. The third kappa shape index (κ3) is 4.58. The first-order chi connectivity index (χ1) is 19.5. The van der Waals surface area contributed by atoms with Crippen molar-refractivity contribution in [2.75, 3.05) is 6.61 Å². The van der Waals surface area contributed by atoms with Crippen LogP contribution >= 0.6 is 0 Å². The molecule has 0 aromatic carbocycles. The fourth-order valence-electron chi connectivity index (χ4n) is 10.2. The lowest BCUT2D eigenvalue weighted by molar-refractivity contribution is -0.458. The van der Waals surface area contributed by atoms with Crippen molar-refractivity contribution in [2.45, 2.75) is 148 Å². The summed E-state index contributed by atoms with van der Waals surface area (Å²) in [6, 6.07) is 0. The second kappa shape index (κ2) is 11.7. The summed E-state index contributed by atoms with van der Waals surface area (Å²) in [5.74, 6) is -4.28. The maximum Gasteiger partial charge on any atom is 0.306 e. The molecule has 2 saturated heterocycles. The summed E-state index contributed by atoms with van der Waals surface area (Å²) in [6.07, 6.45) is 12.6. The van der Waals surface area contributed by atoms with Crippen LogP contribution in [-0.4, -0.2) is 57.8 Å². The highest BCUT2D eigenvalue weighted by atomic mass is 16.6. The Kier molecular flexibility index (Phi) is 8.86. The highest BCUT2D eigenvalue weighted by molar-refractivity contribution is 6.05. The third-order valence-electron chi connectivity index (χ3n) is 12.1. The molecular formula is C34H54O7. The van der Waals surface area contributed by atoms with Crippen LogP contribution in [-0.2, 0) is 19.1 Å². The van der Waals surface area contributed by atoms with E-state index >= 15 is 0 Å². The van der Waals surface area contributed by atoms with Crippen LogP contribution < -0.4 is 0 Å². The van der Waals surface area contributed by atoms with Crippen LogP contribution in [0.2, 0.25) is 0 Å². The number of fused-ring (bicyclic) bond motifs is 2. The zero-order valence-electron chi connectivity index (χ0n) is 25.7. The van der Waals surface area contributed by atoms with Crippen molar-refractivity contribution in [1.29, 1.82) is 0 Å². The van der Waals surface area contributed by atoms with Gasteiger partial charge in [-0.1, -0.05) is 91.6 Å². The Balaban J connectivity index is 1.27. The lowest BCUT2D eigenvalue weighted by Crippen LogP contribution is -2.85. The Morgan fingerprint density at radius 1 is 0.976 bits per heavy atom. The normalized spacial score (nSPS) is 42.2. The van der Waals surface area contributed by atoms with Crippen LogP contribution in [0.1, 0.15) is 124 Å². The Bertz CT molecular complexity index is 1010. The topological polar surface area (TPSA) is 113 Å². The predicted molar refractivity (Wildman–Crippen MR) is 156 cm³/mol. The van der Waals surface area contributed by atoms with E-state index in [4.69, 9.17) is 9.47 Å². The van der Waals surface area contributed by atoms with Gasteiger partial charge in [-0.05, 0) is 49.0 Å². The molecule has 41 heavy (non-hydrogen) atoms. The fourth-order valence-corrected chi connectivity index (χ4v) is 10.2. The molecule has 2 heterocycles. The highest BCUT2D eigenvalue weighted by Crippen LogP contribution is 2.76. The minimum Gasteiger partial charge on any atom is -0.460 e. The molecule has 0 aromatic heterocycles. The van der Waals surface area contributed by atoms with Gasteiger partial charge in [-0.25, -0.2) is 0 Å². The second-order valence-corrected chi connectivity index (χ2v) is 14.7. The quantitative estimate of drug-likeness (QED) is 0.148. The van der Waals surface area contributed by atoms with Crippen LogP contribution in [0.3, 0.4) is 0 Å². The molecule has 4 aliphatic carbocycles. The molecular weight excluding hydrogens is 520 g/mol. The number of rotatable bonds is 13. The molecule has 9 unspecified atom stereocenters. The Morgan fingerprint density at radius 2 is 1.59 bits per heavy atom. The van der Waals surface area contributed by atoms with Gasteiger partial charge in [0.2, 0.25) is 5.79 Å². The molecule has 3 N–H and O–H groups in total. The number of esters is 1. The van der Waals surface area contributed by atoms with E-state index in [1.165, 1.54) is 51.4 Å². The Morgan fingerprint density at radius 3 is 2.22 bits per heavy atom. The van der Waals surface area contributed by atoms with Gasteiger partial charge in [0.15, 0.2) is 5.78 Å². The maximum atomic E-state index is 14.2. The second-order valence-electron chi connectivity index (χ2n) is 14.7. The molecule has 2 aliphatic heterocycles. The van der Waals surface area contributed by atoms with Gasteiger partial charge < -0.3 is 24.8 Å². The van der Waals surface area contributed by atoms with Gasteiger partial charge in [-0.15, -0.1) is 0 Å². The molecule has 6 fully saturated rings. The number of carbonyl (C=O) groups is 2. The fraction of sp³-hybridized carbons (Fsp3) is 0.882. The van der Waals surface area contributed by atoms with Crippen LogP contribution in [0.5, 0.6) is 0 Å². The van der Waals surface area contributed by atoms with E-state index in [1.54, 1.807) is 0 Å². The molecule has 0 amide bonds. The van der Waals surface area contributed by atoms with Gasteiger partial charge in [0.1, 0.15) is 17.6 Å². The monoisotopic (exact) mass is 574 g/mol. The minimum atomic E-state index is -2.20. The van der Waals surface area contributed by atoms with E-state index in [-0.39, 0.29) is 30.2 Å². The van der Waals surface area contributed by atoms with Crippen molar-refractivity contribution in [3.05, 3.63) is 12.2 Å². The van der Waals surface area contributed by atoms with Crippen LogP contribution in [0.25, 0.3) is 0 Å². The lowest BCUT2D eigenvalue weighted by Gasteiger charge is -2.74. The van der Waals surface area contributed by atoms with E-state index < -0.39 is 52.7 Å². The highest BCUT2D eigenvalue weighted by Gasteiger charge is 2.87. The number of hydrogen-bond acceptors (Lipinski definition) is 7. The first-order valence-corrected chi connectivity index (χ1v) is 16.7. The maximum absolute atomic E-state index is 14.2. The molecule has 6 aliphatic rings. The molecule has 2 spiro atoms. The Hall–Kier alpha value is -1.28. The SMILES string of the molecule is C=C1C(=O)C23C(OC(=O)CCCCCCCCCCCCC)C1CCC2C12COC3(O)C(O)C1C(C)(C)CCC2O. The van der Waals surface area contributed by atoms with Gasteiger partial charge in [-0.2, -0.15) is 0 Å². The van der Waals surface area contributed by atoms with E-state index in [9.17, 15) is 24.9 Å². The van der Waals surface area contributed by atoms with E-state index in [1.807, 2.05) is 0 Å². The first-order valence-electron chi connectivity index (χ1n) is 16.7. The lowest BCUT2D eigenvalue weighted by atomic mass is 9.35. The van der Waals surface area contributed by atoms with Crippen molar-refractivity contribution < 1.29 is 34.4 Å². The molecule has 232 valence electrons. The first kappa shape index (κ1) is 31.2. The summed E-state index contributed by atoms with van der Waals surface area (Å²) < 4.78 is 12.2. The van der Waals surface area contributed by atoms with E-state index in [0.29, 0.717) is 31.3 Å². The summed E-state index contributed by atoms with van der Waals surface area (Å²) >= 11 is 0. The van der Waals surface area contributed by atoms with Crippen molar-refractivity contribution in [3.63, 3.8) is 0 Å². The summed E-state index contributed by atoms with van der Waals surface area (Å²) in [5, 5.41) is 35.6. The van der Waals surface area contributed by atoms with Gasteiger partial charge in [-0.3, -0.25) is 9.59 Å².